The molecule has 0 atom stereocenters. The number of unbranched alkanes of at least 4 members (excludes halogenated alkanes) is 2. The summed E-state index contributed by atoms with van der Waals surface area (Å²) in [5.74, 6) is 0.0267. The molecule has 3 N–H and O–H groups in total. The number of hydrogen-bond donors (Lipinski definition) is 4. The van der Waals surface area contributed by atoms with E-state index in [1.54, 1.807) is 19.5 Å². The van der Waals surface area contributed by atoms with E-state index < -0.39 is 5.91 Å². The summed E-state index contributed by atoms with van der Waals surface area (Å²) in [6.07, 6.45) is 2.42. The average molecular weight is 447 g/mol. The molecule has 0 aliphatic carbocycles. The number of hydroxylamine groups is 1. The topological polar surface area (TPSA) is 103 Å². The number of nitrogens with zero attached hydrogens (tertiary/aromatic N) is 2. The van der Waals surface area contributed by atoms with Gasteiger partial charge in [0.15, 0.2) is 0 Å². The molecule has 0 unspecified atom stereocenters. The lowest BCUT2D eigenvalue weighted by atomic mass is 10.1. The third kappa shape index (κ3) is 7.63. The number of ether oxygens (including phenoxy) is 1. The molecule has 0 spiro atoms. The zero-order valence-electron chi connectivity index (χ0n) is 14.7. The standard InChI is InChI=1S/C16H23BrN4O4S/c1-11(12-8-9-13(17)14(10-12)25-2)18-20-21(26)16(23)7-5-3-4-6-15(22)19-24/h8-10,20,24,26H,3-7H2,1-2H3,(H,19,22)/b18-11+. The Morgan fingerprint density at radius 2 is 2.00 bits per heavy atom. The third-order valence-electron chi connectivity index (χ3n) is 3.54. The number of methoxy groups -OCH3 is 1. The second kappa shape index (κ2) is 11.8. The predicted octanol–water partition coefficient (Wildman–Crippen LogP) is 2.82. The Balaban J connectivity index is 2.43. The van der Waals surface area contributed by atoms with Gasteiger partial charge in [-0.2, -0.15) is 9.52 Å². The van der Waals surface area contributed by atoms with Crippen LogP contribution in [0.2, 0.25) is 0 Å². The molecule has 0 aromatic heterocycles. The Morgan fingerprint density at radius 3 is 2.65 bits per heavy atom. The lowest BCUT2D eigenvalue weighted by Crippen LogP contribution is -2.32. The molecule has 26 heavy (non-hydrogen) atoms. The van der Waals surface area contributed by atoms with Gasteiger partial charge in [-0.05, 0) is 60.6 Å². The maximum Gasteiger partial charge on any atom is 0.252 e. The minimum Gasteiger partial charge on any atom is -0.496 e. The number of amides is 2. The first-order valence-electron chi connectivity index (χ1n) is 7.97. The minimum absolute atomic E-state index is 0.230. The number of thiol groups is 1. The van der Waals surface area contributed by atoms with E-state index in [1.807, 2.05) is 18.2 Å². The van der Waals surface area contributed by atoms with Crippen molar-refractivity contribution in [2.24, 2.45) is 5.10 Å². The second-order valence-electron chi connectivity index (χ2n) is 5.45. The number of nitrogens with one attached hydrogen (secondary N) is 2. The van der Waals surface area contributed by atoms with Crippen LogP contribution in [0.5, 0.6) is 5.75 Å². The molecule has 0 radical (unpaired) electrons. The summed E-state index contributed by atoms with van der Waals surface area (Å²) < 4.78 is 7.11. The van der Waals surface area contributed by atoms with Gasteiger partial charge < -0.3 is 4.74 Å². The molecule has 10 heteroatoms. The predicted molar refractivity (Wildman–Crippen MR) is 105 cm³/mol. The number of hydrogen-bond acceptors (Lipinski definition) is 7. The molecule has 1 rings (SSSR count). The van der Waals surface area contributed by atoms with Gasteiger partial charge in [-0.15, -0.1) is 0 Å². The third-order valence-corrected chi connectivity index (χ3v) is 4.50. The SMILES string of the molecule is COc1cc(/C(C)=N/NN(S)C(=O)CCCCCC(=O)NO)ccc1Br. The molecule has 1 aromatic rings. The Labute approximate surface area is 166 Å². The number of carbonyl (C=O) groups excluding carboxylic acids is 2. The van der Waals surface area contributed by atoms with Crippen molar-refractivity contribution in [1.82, 2.24) is 15.4 Å². The van der Waals surface area contributed by atoms with Crippen LogP contribution in [-0.4, -0.2) is 34.3 Å². The van der Waals surface area contributed by atoms with Gasteiger partial charge >= 0.3 is 0 Å². The average Bonchev–Trinajstić information content (AvgIpc) is 2.65. The van der Waals surface area contributed by atoms with Gasteiger partial charge in [-0.1, -0.05) is 12.5 Å². The van der Waals surface area contributed by atoms with E-state index in [1.165, 1.54) is 0 Å². The first-order chi connectivity index (χ1) is 12.4. The Hall–Kier alpha value is -1.78. The van der Waals surface area contributed by atoms with Crippen molar-refractivity contribution in [3.05, 3.63) is 28.2 Å². The van der Waals surface area contributed by atoms with E-state index in [-0.39, 0.29) is 18.7 Å². The molecule has 0 saturated heterocycles. The number of carbonyl (C=O) groups is 2. The molecule has 0 fully saturated rings. The summed E-state index contributed by atoms with van der Waals surface area (Å²) in [5, 5.41) is 12.5. The first-order valence-corrected chi connectivity index (χ1v) is 9.17. The highest BCUT2D eigenvalue weighted by atomic mass is 79.9. The van der Waals surface area contributed by atoms with Crippen LogP contribution in [0.1, 0.15) is 44.6 Å². The monoisotopic (exact) mass is 446 g/mol. The van der Waals surface area contributed by atoms with Crippen LogP contribution in [0.4, 0.5) is 0 Å². The summed E-state index contributed by atoms with van der Waals surface area (Å²) in [6, 6.07) is 5.56. The van der Waals surface area contributed by atoms with Crippen molar-refractivity contribution >= 4 is 46.3 Å². The number of hydrazine groups is 1. The number of halogens is 1. The molecule has 8 nitrogen and oxygen atoms in total. The fourth-order valence-electron chi connectivity index (χ4n) is 2.03. The fraction of sp³-hybridized carbons (Fsp3) is 0.438. The number of hydrazone groups is 1. The largest absolute Gasteiger partial charge is 0.496 e. The maximum absolute atomic E-state index is 12.0. The molecule has 2 amide bonds. The number of benzene rings is 1. The molecular formula is C16H23BrN4O4S. The lowest BCUT2D eigenvalue weighted by molar-refractivity contribution is -0.129. The van der Waals surface area contributed by atoms with Gasteiger partial charge in [0.2, 0.25) is 5.91 Å². The highest BCUT2D eigenvalue weighted by molar-refractivity contribution is 9.10. The fourth-order valence-corrected chi connectivity index (χ4v) is 2.58. The van der Waals surface area contributed by atoms with Crippen molar-refractivity contribution in [1.29, 1.82) is 0 Å². The summed E-state index contributed by atoms with van der Waals surface area (Å²) in [6.45, 7) is 1.80. The Bertz CT molecular complexity index is 657. The highest BCUT2D eigenvalue weighted by Crippen LogP contribution is 2.25. The van der Waals surface area contributed by atoms with Crippen LogP contribution in [-0.2, 0) is 9.59 Å². The molecule has 144 valence electrons. The molecule has 0 saturated carbocycles. The van der Waals surface area contributed by atoms with Crippen molar-refractivity contribution < 1.29 is 19.5 Å². The molecule has 0 heterocycles. The Kier molecular flexibility index (Phi) is 10.1. The van der Waals surface area contributed by atoms with Crippen molar-refractivity contribution in [2.75, 3.05) is 7.11 Å². The van der Waals surface area contributed by atoms with E-state index in [0.29, 0.717) is 30.7 Å². The maximum atomic E-state index is 12.0. The van der Waals surface area contributed by atoms with Crippen molar-refractivity contribution in [2.45, 2.75) is 39.0 Å². The number of rotatable bonds is 10. The zero-order valence-corrected chi connectivity index (χ0v) is 17.1. The first kappa shape index (κ1) is 22.3. The summed E-state index contributed by atoms with van der Waals surface area (Å²) >= 11 is 7.46. The van der Waals surface area contributed by atoms with E-state index in [4.69, 9.17) is 9.94 Å². The van der Waals surface area contributed by atoms with Gasteiger partial charge in [-0.25, -0.2) is 11.0 Å². The van der Waals surface area contributed by atoms with Crippen LogP contribution >= 0.6 is 28.7 Å². The summed E-state index contributed by atoms with van der Waals surface area (Å²) in [5.41, 5.74) is 5.67. The summed E-state index contributed by atoms with van der Waals surface area (Å²) in [7, 11) is 1.58. The Morgan fingerprint density at radius 1 is 1.31 bits per heavy atom. The lowest BCUT2D eigenvalue weighted by Gasteiger charge is -2.15. The van der Waals surface area contributed by atoms with E-state index in [0.717, 1.165) is 14.5 Å². The zero-order chi connectivity index (χ0) is 19.5. The van der Waals surface area contributed by atoms with Crippen molar-refractivity contribution in [3.8, 4) is 5.75 Å². The smallest absolute Gasteiger partial charge is 0.252 e. The van der Waals surface area contributed by atoms with E-state index in [9.17, 15) is 9.59 Å². The van der Waals surface area contributed by atoms with E-state index >= 15 is 0 Å². The van der Waals surface area contributed by atoms with Gasteiger partial charge in [-0.3, -0.25) is 14.8 Å². The van der Waals surface area contributed by atoms with E-state index in [2.05, 4.69) is 39.4 Å². The molecular weight excluding hydrogens is 424 g/mol. The minimum atomic E-state index is -0.428. The van der Waals surface area contributed by atoms with Gasteiger partial charge in [0.05, 0.1) is 17.3 Å². The second-order valence-corrected chi connectivity index (χ2v) is 6.70. The van der Waals surface area contributed by atoms with Crippen LogP contribution < -0.4 is 15.8 Å². The van der Waals surface area contributed by atoms with Gasteiger partial charge in [0, 0.05) is 18.4 Å². The van der Waals surface area contributed by atoms with Gasteiger partial charge in [0.25, 0.3) is 5.91 Å². The van der Waals surface area contributed by atoms with Crippen LogP contribution in [0.25, 0.3) is 0 Å². The molecule has 0 aliphatic rings. The van der Waals surface area contributed by atoms with Crippen molar-refractivity contribution in [3.63, 3.8) is 0 Å². The highest BCUT2D eigenvalue weighted by Gasteiger charge is 2.10. The van der Waals surface area contributed by atoms with Crippen LogP contribution in [0.3, 0.4) is 0 Å². The van der Waals surface area contributed by atoms with Crippen LogP contribution in [0, 0.1) is 0 Å². The normalized spacial score (nSPS) is 11.0. The van der Waals surface area contributed by atoms with Gasteiger partial charge in [0.1, 0.15) is 5.75 Å². The summed E-state index contributed by atoms with van der Waals surface area (Å²) in [4.78, 5) is 22.8. The van der Waals surface area contributed by atoms with Crippen LogP contribution in [0.15, 0.2) is 27.8 Å². The quantitative estimate of drug-likeness (QED) is 0.145. The molecule has 1 aromatic carbocycles. The molecule has 0 aliphatic heterocycles. The molecule has 0 bridgehead atoms.